The van der Waals surface area contributed by atoms with Crippen molar-refractivity contribution >= 4 is 12.1 Å². The molecule has 2 N–H and O–H groups in total. The first-order valence-electron chi connectivity index (χ1n) is 7.78. The molecule has 0 aliphatic rings. The normalized spacial score (nSPS) is 11.8. The summed E-state index contributed by atoms with van der Waals surface area (Å²) < 4.78 is 9.86. The number of esters is 1. The molecule has 0 aromatic heterocycles. The van der Waals surface area contributed by atoms with Gasteiger partial charge >= 0.3 is 12.1 Å². The van der Waals surface area contributed by atoms with Crippen LogP contribution in [-0.2, 0) is 20.9 Å². The third-order valence-corrected chi connectivity index (χ3v) is 3.19. The number of hydrogen-bond acceptors (Lipinski definition) is 5. The van der Waals surface area contributed by atoms with E-state index in [9.17, 15) is 9.59 Å². The second-order valence-electron chi connectivity index (χ2n) is 5.65. The number of carbonyl (C=O) groups excluding carboxylic acids is 2. The monoisotopic (exact) mass is 322 g/mol. The Balaban J connectivity index is 2.21. The summed E-state index contributed by atoms with van der Waals surface area (Å²) in [7, 11) is 1.37. The first-order chi connectivity index (χ1) is 11.0. The van der Waals surface area contributed by atoms with Crippen LogP contribution in [-0.4, -0.2) is 38.3 Å². The molecule has 1 amide bonds. The van der Waals surface area contributed by atoms with E-state index in [1.165, 1.54) is 7.11 Å². The molecule has 1 atom stereocenters. The van der Waals surface area contributed by atoms with Crippen LogP contribution in [0.3, 0.4) is 0 Å². The number of rotatable bonds is 9. The van der Waals surface area contributed by atoms with Crippen molar-refractivity contribution in [2.45, 2.75) is 32.9 Å². The molecule has 0 heterocycles. The summed E-state index contributed by atoms with van der Waals surface area (Å²) in [6.07, 6.45) is 0.208. The number of amides is 1. The predicted molar refractivity (Wildman–Crippen MR) is 87.9 cm³/mol. The van der Waals surface area contributed by atoms with Crippen molar-refractivity contribution in [1.82, 2.24) is 10.6 Å². The molecule has 0 aliphatic heterocycles. The molecule has 1 rings (SSSR count). The summed E-state index contributed by atoms with van der Waals surface area (Å²) in [5.74, 6) is 0.0840. The summed E-state index contributed by atoms with van der Waals surface area (Å²) in [6, 6.07) is 9.11. The first-order valence-corrected chi connectivity index (χ1v) is 7.78. The van der Waals surface area contributed by atoms with Gasteiger partial charge in [0.25, 0.3) is 0 Å². The Morgan fingerprint density at radius 1 is 1.13 bits per heavy atom. The Labute approximate surface area is 137 Å². The molecule has 6 nitrogen and oxygen atoms in total. The summed E-state index contributed by atoms with van der Waals surface area (Å²) in [5.41, 5.74) is 0.934. The largest absolute Gasteiger partial charge is 0.468 e. The standard InChI is InChI=1S/C17H26N2O4/c1-13(2)11-15(16(20)22-3)18-9-10-19-17(21)23-12-14-7-5-4-6-8-14/h4-8,13,15,18H,9-12H2,1-3H3,(H,19,21)/t15-/m1/s1. The predicted octanol–water partition coefficient (Wildman–Crippen LogP) is 2.09. The van der Waals surface area contributed by atoms with E-state index in [1.54, 1.807) is 0 Å². The van der Waals surface area contributed by atoms with Crippen LogP contribution < -0.4 is 10.6 Å². The third-order valence-electron chi connectivity index (χ3n) is 3.19. The number of benzene rings is 1. The highest BCUT2D eigenvalue weighted by molar-refractivity contribution is 5.75. The van der Waals surface area contributed by atoms with Crippen molar-refractivity contribution in [2.24, 2.45) is 5.92 Å². The Hall–Kier alpha value is -2.08. The van der Waals surface area contributed by atoms with Crippen molar-refractivity contribution in [3.05, 3.63) is 35.9 Å². The zero-order valence-electron chi connectivity index (χ0n) is 14.0. The lowest BCUT2D eigenvalue weighted by Gasteiger charge is -2.18. The van der Waals surface area contributed by atoms with Crippen molar-refractivity contribution in [2.75, 3.05) is 20.2 Å². The molecule has 1 aromatic rings. The lowest BCUT2D eigenvalue weighted by atomic mass is 10.0. The Bertz CT molecular complexity index is 477. The van der Waals surface area contributed by atoms with Crippen molar-refractivity contribution < 1.29 is 19.1 Å². The number of hydrogen-bond donors (Lipinski definition) is 2. The SMILES string of the molecule is COC(=O)[C@@H](CC(C)C)NCCNC(=O)OCc1ccccc1. The van der Waals surface area contributed by atoms with E-state index in [4.69, 9.17) is 9.47 Å². The molecule has 0 unspecified atom stereocenters. The molecular formula is C17H26N2O4. The first kappa shape index (κ1) is 19.0. The maximum absolute atomic E-state index is 11.6. The lowest BCUT2D eigenvalue weighted by molar-refractivity contribution is -0.143. The van der Waals surface area contributed by atoms with Gasteiger partial charge in [-0.1, -0.05) is 44.2 Å². The van der Waals surface area contributed by atoms with Crippen LogP contribution in [0.5, 0.6) is 0 Å². The zero-order valence-corrected chi connectivity index (χ0v) is 14.0. The highest BCUT2D eigenvalue weighted by Crippen LogP contribution is 2.05. The van der Waals surface area contributed by atoms with Crippen LogP contribution in [0.25, 0.3) is 0 Å². The Morgan fingerprint density at radius 2 is 1.83 bits per heavy atom. The summed E-state index contributed by atoms with van der Waals surface area (Å²) in [4.78, 5) is 23.2. The Morgan fingerprint density at radius 3 is 2.43 bits per heavy atom. The number of nitrogens with one attached hydrogen (secondary N) is 2. The van der Waals surface area contributed by atoms with E-state index in [0.29, 0.717) is 25.4 Å². The van der Waals surface area contributed by atoms with Gasteiger partial charge in [-0.25, -0.2) is 4.79 Å². The van der Waals surface area contributed by atoms with Crippen LogP contribution in [0, 0.1) is 5.92 Å². The van der Waals surface area contributed by atoms with Gasteiger partial charge in [-0.3, -0.25) is 4.79 Å². The summed E-state index contributed by atoms with van der Waals surface area (Å²) >= 11 is 0. The van der Waals surface area contributed by atoms with Gasteiger partial charge in [0.15, 0.2) is 0 Å². The van der Waals surface area contributed by atoms with Crippen molar-refractivity contribution in [1.29, 1.82) is 0 Å². The summed E-state index contributed by atoms with van der Waals surface area (Å²) in [5, 5.41) is 5.73. The van der Waals surface area contributed by atoms with Crippen LogP contribution in [0.4, 0.5) is 4.79 Å². The van der Waals surface area contributed by atoms with Gasteiger partial charge in [0, 0.05) is 13.1 Å². The molecule has 0 radical (unpaired) electrons. The minimum Gasteiger partial charge on any atom is -0.468 e. The van der Waals surface area contributed by atoms with E-state index in [0.717, 1.165) is 5.56 Å². The topological polar surface area (TPSA) is 76.7 Å². The smallest absolute Gasteiger partial charge is 0.407 e. The number of alkyl carbamates (subject to hydrolysis) is 1. The number of ether oxygens (including phenoxy) is 2. The van der Waals surface area contributed by atoms with Crippen LogP contribution in [0.2, 0.25) is 0 Å². The zero-order chi connectivity index (χ0) is 17.1. The maximum atomic E-state index is 11.6. The van der Waals surface area contributed by atoms with Crippen LogP contribution >= 0.6 is 0 Å². The number of carbonyl (C=O) groups is 2. The number of methoxy groups -OCH3 is 1. The minimum atomic E-state index is -0.478. The average molecular weight is 322 g/mol. The van der Waals surface area contributed by atoms with E-state index < -0.39 is 6.09 Å². The van der Waals surface area contributed by atoms with Gasteiger partial charge in [-0.2, -0.15) is 0 Å². The molecule has 0 spiro atoms. The molecule has 0 fully saturated rings. The van der Waals surface area contributed by atoms with Gasteiger partial charge in [0.05, 0.1) is 7.11 Å². The third kappa shape index (κ3) is 8.21. The van der Waals surface area contributed by atoms with Crippen molar-refractivity contribution in [3.63, 3.8) is 0 Å². The molecule has 6 heteroatoms. The molecule has 128 valence electrons. The van der Waals surface area contributed by atoms with E-state index in [1.807, 2.05) is 44.2 Å². The van der Waals surface area contributed by atoms with E-state index >= 15 is 0 Å². The van der Waals surface area contributed by atoms with Crippen molar-refractivity contribution in [3.8, 4) is 0 Å². The fraction of sp³-hybridized carbons (Fsp3) is 0.529. The van der Waals surface area contributed by atoms with Crippen LogP contribution in [0.15, 0.2) is 30.3 Å². The van der Waals surface area contributed by atoms with Gasteiger partial charge in [-0.15, -0.1) is 0 Å². The van der Waals surface area contributed by atoms with E-state index in [-0.39, 0.29) is 18.6 Å². The molecule has 0 saturated carbocycles. The molecular weight excluding hydrogens is 296 g/mol. The molecule has 0 aliphatic carbocycles. The van der Waals surface area contributed by atoms with Gasteiger partial charge in [-0.05, 0) is 17.9 Å². The second-order valence-corrected chi connectivity index (χ2v) is 5.65. The average Bonchev–Trinajstić information content (AvgIpc) is 2.55. The second kappa shape index (κ2) is 10.6. The minimum absolute atomic E-state index is 0.234. The molecule has 0 bridgehead atoms. The van der Waals surface area contributed by atoms with Gasteiger partial charge in [0.1, 0.15) is 12.6 Å². The lowest BCUT2D eigenvalue weighted by Crippen LogP contribution is -2.42. The van der Waals surface area contributed by atoms with E-state index in [2.05, 4.69) is 10.6 Å². The molecule has 0 saturated heterocycles. The fourth-order valence-electron chi connectivity index (χ4n) is 2.06. The summed E-state index contributed by atoms with van der Waals surface area (Å²) in [6.45, 7) is 5.15. The van der Waals surface area contributed by atoms with Crippen LogP contribution in [0.1, 0.15) is 25.8 Å². The quantitative estimate of drug-likeness (QED) is 0.538. The molecule has 23 heavy (non-hydrogen) atoms. The van der Waals surface area contributed by atoms with Gasteiger partial charge < -0.3 is 20.1 Å². The highest BCUT2D eigenvalue weighted by atomic mass is 16.5. The highest BCUT2D eigenvalue weighted by Gasteiger charge is 2.19. The molecule has 1 aromatic carbocycles. The fourth-order valence-corrected chi connectivity index (χ4v) is 2.06. The Kier molecular flexibility index (Phi) is 8.75. The van der Waals surface area contributed by atoms with Gasteiger partial charge in [0.2, 0.25) is 0 Å². The maximum Gasteiger partial charge on any atom is 0.407 e.